The van der Waals surface area contributed by atoms with Gasteiger partial charge in [0.1, 0.15) is 12.6 Å². The summed E-state index contributed by atoms with van der Waals surface area (Å²) >= 11 is 0. The van der Waals surface area contributed by atoms with E-state index in [2.05, 4.69) is 0 Å². The van der Waals surface area contributed by atoms with Gasteiger partial charge in [0.15, 0.2) is 0 Å². The third-order valence-electron chi connectivity index (χ3n) is 10.4. The predicted molar refractivity (Wildman–Crippen MR) is 177 cm³/mol. The minimum atomic E-state index is -8.20. The molecule has 0 spiro atoms. The van der Waals surface area contributed by atoms with Crippen molar-refractivity contribution in [3.05, 3.63) is 58.7 Å². The number of aliphatic carboxylic acids is 1. The zero-order valence-corrected chi connectivity index (χ0v) is 33.4. The van der Waals surface area contributed by atoms with Gasteiger partial charge in [-0.25, -0.2) is 9.59 Å². The number of hydrogen-bond acceptors (Lipinski definition) is 3. The average molecular weight is 1050 g/mol. The number of carbonyl (C=O) groups excluding carboxylic acids is 1. The molecule has 2 aromatic rings. The largest absolute Gasteiger partial charge is 0.480 e. The Kier molecular flexibility index (Phi) is 15.2. The Bertz CT molecular complexity index is 2040. The smallest absolute Gasteiger partial charge is 0.460 e. The van der Waals surface area contributed by atoms with E-state index < -0.39 is 145 Å². The summed E-state index contributed by atoms with van der Waals surface area (Å²) in [5, 5.41) is 11.3. The predicted octanol–water partition coefficient (Wildman–Crippen LogP) is 13.4. The van der Waals surface area contributed by atoms with E-state index in [-0.39, 0.29) is 28.7 Å². The zero-order chi connectivity index (χ0) is 53.3. The molecule has 1 amide bonds. The van der Waals surface area contributed by atoms with Gasteiger partial charge in [-0.2, -0.15) is 114 Å². The van der Waals surface area contributed by atoms with Crippen molar-refractivity contribution >= 4 is 12.1 Å². The second-order valence-corrected chi connectivity index (χ2v) is 15.7. The van der Waals surface area contributed by atoms with Crippen molar-refractivity contribution in [1.29, 1.82) is 0 Å². The van der Waals surface area contributed by atoms with E-state index in [1.165, 1.54) is 13.8 Å². The summed E-state index contributed by atoms with van der Waals surface area (Å²) in [6, 6.07) is 2.76. The van der Waals surface area contributed by atoms with Crippen molar-refractivity contribution < 1.29 is 134 Å². The Morgan fingerprint density at radius 1 is 0.529 bits per heavy atom. The van der Waals surface area contributed by atoms with Gasteiger partial charge in [0.05, 0.1) is 0 Å². The number of carboxylic acid groups (broad SMARTS) is 1. The highest BCUT2D eigenvalue weighted by Crippen LogP contribution is 2.62. The molecule has 3 rings (SSSR count). The first-order valence-electron chi connectivity index (χ1n) is 18.5. The number of carboxylic acids is 1. The normalized spacial score (nSPS) is 15.9. The minimum absolute atomic E-state index is 0.172. The number of carbonyl (C=O) groups is 2. The first-order valence-corrected chi connectivity index (χ1v) is 18.5. The molecule has 31 heteroatoms. The van der Waals surface area contributed by atoms with Crippen molar-refractivity contribution in [3.8, 4) is 11.1 Å². The van der Waals surface area contributed by atoms with Crippen LogP contribution >= 0.6 is 0 Å². The molecule has 0 saturated heterocycles. The molecule has 0 saturated carbocycles. The van der Waals surface area contributed by atoms with E-state index in [4.69, 9.17) is 4.74 Å². The second kappa shape index (κ2) is 18.0. The van der Waals surface area contributed by atoms with Gasteiger partial charge in [0, 0.05) is 18.8 Å². The van der Waals surface area contributed by atoms with Crippen LogP contribution < -0.4 is 5.32 Å². The van der Waals surface area contributed by atoms with Crippen molar-refractivity contribution in [2.75, 3.05) is 6.61 Å². The number of hydrogen-bond donors (Lipinski definition) is 2. The molecular weight excluding hydrogens is 1020 g/mol. The Labute approximate surface area is 363 Å². The van der Waals surface area contributed by atoms with Gasteiger partial charge < -0.3 is 15.2 Å². The zero-order valence-electron chi connectivity index (χ0n) is 33.4. The van der Waals surface area contributed by atoms with Gasteiger partial charge in [-0.05, 0) is 58.6 Å². The monoisotopic (exact) mass is 1050 g/mol. The number of fused-ring (bicyclic) bond motifs is 3. The molecule has 1 atom stereocenters. The van der Waals surface area contributed by atoms with Crippen LogP contribution in [0, 0.1) is 5.92 Å². The molecule has 0 aliphatic heterocycles. The number of amides is 1. The molecule has 0 aromatic heterocycles. The number of alkyl halides is 26. The van der Waals surface area contributed by atoms with E-state index in [1.54, 1.807) is 0 Å². The fraction of sp³-hybridized carbons (Fsp3) is 0.622. The maximum Gasteiger partial charge on any atom is 0.460 e. The molecule has 0 bridgehead atoms. The van der Waals surface area contributed by atoms with Gasteiger partial charge in [-0.3, -0.25) is 0 Å². The van der Waals surface area contributed by atoms with Crippen LogP contribution in [-0.4, -0.2) is 101 Å². The van der Waals surface area contributed by atoms with Gasteiger partial charge in [-0.15, -0.1) is 0 Å². The van der Waals surface area contributed by atoms with Crippen LogP contribution in [0.4, 0.5) is 119 Å². The number of nitrogens with one attached hydrogen (secondary N) is 1. The average Bonchev–Trinajstić information content (AvgIpc) is 3.48. The topological polar surface area (TPSA) is 75.6 Å². The van der Waals surface area contributed by atoms with Crippen LogP contribution in [0.5, 0.6) is 0 Å². The number of benzene rings is 2. The summed E-state index contributed by atoms with van der Waals surface area (Å²) in [4.78, 5) is 24.3. The summed E-state index contributed by atoms with van der Waals surface area (Å²) in [6.07, 6.45) is -26.0. The van der Waals surface area contributed by atoms with Crippen LogP contribution in [0.3, 0.4) is 0 Å². The maximum atomic E-state index is 14.7. The number of alkyl carbamates (subject to hydrolysis) is 1. The highest BCUT2D eigenvalue weighted by atomic mass is 19.4. The number of halogens is 26. The number of rotatable bonds is 20. The standard InChI is InChI=1S/C37H29F26NO4/c1-15(2)11-23(24(65)66)64-25(67)68-14-22-20-12-16(7-9-26(38,39)28(42,43)30(46,47)32(50,51)34(54,55)36(58,59)60)3-5-18(20)19-6-4-17(13-21(19)22)8-10-27(40,41)29(44,45)31(48,49)33(52,53)35(56,57)37(61,62)63/h3-6,12-13,15,22-23H,7-11,14H2,1-2H3,(H,64,67)(H,65,66)/t23-/m0/s1. The molecule has 0 heterocycles. The quantitative estimate of drug-likeness (QED) is 0.130. The van der Waals surface area contributed by atoms with Crippen LogP contribution in [0.15, 0.2) is 36.4 Å². The van der Waals surface area contributed by atoms with E-state index >= 15 is 0 Å². The number of ether oxygens (including phenoxy) is 1. The Morgan fingerprint density at radius 2 is 0.853 bits per heavy atom. The Morgan fingerprint density at radius 3 is 1.15 bits per heavy atom. The van der Waals surface area contributed by atoms with Gasteiger partial charge >= 0.3 is 83.6 Å². The maximum absolute atomic E-state index is 14.7. The lowest BCUT2D eigenvalue weighted by Gasteiger charge is -2.39. The lowest BCUT2D eigenvalue weighted by molar-refractivity contribution is -0.440. The highest BCUT2D eigenvalue weighted by Gasteiger charge is 2.92. The summed E-state index contributed by atoms with van der Waals surface area (Å²) < 4.78 is 360. The van der Waals surface area contributed by atoms with Crippen LogP contribution in [-0.2, 0) is 22.4 Å². The van der Waals surface area contributed by atoms with Gasteiger partial charge in [-0.1, -0.05) is 50.2 Å². The summed E-state index contributed by atoms with van der Waals surface area (Å²) in [5.74, 6) is -80.8. The third kappa shape index (κ3) is 9.63. The molecule has 0 radical (unpaired) electrons. The van der Waals surface area contributed by atoms with Crippen LogP contribution in [0.2, 0.25) is 0 Å². The molecule has 0 unspecified atom stereocenters. The van der Waals surface area contributed by atoms with Gasteiger partial charge in [0.25, 0.3) is 0 Å². The van der Waals surface area contributed by atoms with Crippen molar-refractivity contribution in [2.24, 2.45) is 5.92 Å². The van der Waals surface area contributed by atoms with Crippen LogP contribution in [0.25, 0.3) is 11.1 Å². The molecule has 68 heavy (non-hydrogen) atoms. The number of aryl methyl sites for hydroxylation is 2. The molecule has 1 aliphatic rings. The van der Waals surface area contributed by atoms with Crippen LogP contribution in [0.1, 0.15) is 61.3 Å². The fourth-order valence-electron chi connectivity index (χ4n) is 6.51. The molecule has 0 fully saturated rings. The molecule has 1 aliphatic carbocycles. The molecular formula is C37H29F26NO4. The summed E-state index contributed by atoms with van der Waals surface area (Å²) in [5.41, 5.74) is -2.52. The fourth-order valence-corrected chi connectivity index (χ4v) is 6.51. The molecule has 2 N–H and O–H groups in total. The summed E-state index contributed by atoms with van der Waals surface area (Å²) in [6.45, 7) is 1.90. The minimum Gasteiger partial charge on any atom is -0.480 e. The highest BCUT2D eigenvalue weighted by molar-refractivity contribution is 5.81. The Balaban J connectivity index is 2.05. The van der Waals surface area contributed by atoms with Crippen molar-refractivity contribution in [2.45, 2.75) is 129 Å². The van der Waals surface area contributed by atoms with Crippen molar-refractivity contribution in [3.63, 3.8) is 0 Å². The Hall–Kier alpha value is -4.64. The molecule has 5 nitrogen and oxygen atoms in total. The van der Waals surface area contributed by atoms with E-state index in [1.807, 2.05) is 5.32 Å². The van der Waals surface area contributed by atoms with E-state index in [0.29, 0.717) is 24.3 Å². The lowest BCUT2D eigenvalue weighted by atomic mass is 9.90. The summed E-state index contributed by atoms with van der Waals surface area (Å²) in [7, 11) is 0. The first kappa shape index (κ1) is 57.7. The molecule has 2 aromatic carbocycles. The second-order valence-electron chi connectivity index (χ2n) is 15.7. The van der Waals surface area contributed by atoms with E-state index in [0.717, 1.165) is 12.1 Å². The molecule has 388 valence electrons. The van der Waals surface area contributed by atoms with E-state index in [9.17, 15) is 129 Å². The van der Waals surface area contributed by atoms with Crippen molar-refractivity contribution in [1.82, 2.24) is 5.32 Å². The third-order valence-corrected chi connectivity index (χ3v) is 10.4. The SMILES string of the molecule is CC(C)C[C@H](NC(=O)OCC1c2cc(CCC(F)(F)C(F)(F)C(F)(F)C(F)(F)C(F)(F)C(F)(F)F)ccc2-c2ccc(CCC(F)(F)C(F)(F)C(F)(F)C(F)(F)C(F)(F)C(F)(F)F)cc21)C(=O)O. The first-order chi connectivity index (χ1) is 30.1. The lowest BCUT2D eigenvalue weighted by Crippen LogP contribution is -2.70. The van der Waals surface area contributed by atoms with Gasteiger partial charge in [0.2, 0.25) is 0 Å².